The molecule has 1 aliphatic rings. The van der Waals surface area contributed by atoms with Gasteiger partial charge in [0.2, 0.25) is 0 Å². The van der Waals surface area contributed by atoms with E-state index in [9.17, 15) is 0 Å². The highest BCUT2D eigenvalue weighted by atomic mass is 79.9. The number of halogens is 1. The highest BCUT2D eigenvalue weighted by molar-refractivity contribution is 9.10. The third kappa shape index (κ3) is 3.47. The van der Waals surface area contributed by atoms with E-state index in [1.54, 1.807) is 7.11 Å². The minimum Gasteiger partial charge on any atom is -0.496 e. The average molecular weight is 384 g/mol. The monoisotopic (exact) mass is 383 g/mol. The van der Waals surface area contributed by atoms with E-state index in [1.165, 1.54) is 27.5 Å². The van der Waals surface area contributed by atoms with Crippen molar-refractivity contribution >= 4 is 39.0 Å². The zero-order chi connectivity index (χ0) is 14.8. The van der Waals surface area contributed by atoms with E-state index in [0.29, 0.717) is 0 Å². The Morgan fingerprint density at radius 1 is 1.38 bits per heavy atom. The van der Waals surface area contributed by atoms with Crippen molar-refractivity contribution in [3.05, 3.63) is 49.6 Å². The summed E-state index contributed by atoms with van der Waals surface area (Å²) in [4.78, 5) is 2.82. The number of hydrogen-bond acceptors (Lipinski definition) is 4. The molecule has 3 rings (SSSR count). The maximum atomic E-state index is 6.45. The number of fused-ring (bicyclic) bond motifs is 1. The molecule has 1 aliphatic heterocycles. The number of thiophene rings is 1. The van der Waals surface area contributed by atoms with Crippen LogP contribution in [-0.2, 0) is 18.6 Å². The van der Waals surface area contributed by atoms with Crippen molar-refractivity contribution in [1.29, 1.82) is 0 Å². The number of benzene rings is 1. The largest absolute Gasteiger partial charge is 0.496 e. The minimum atomic E-state index is 0.0359. The topological polar surface area (TPSA) is 35.2 Å². The number of methoxy groups -OCH3 is 1. The van der Waals surface area contributed by atoms with E-state index in [2.05, 4.69) is 28.1 Å². The Morgan fingerprint density at radius 3 is 3.00 bits per heavy atom. The zero-order valence-corrected chi connectivity index (χ0v) is 15.1. The molecule has 0 saturated heterocycles. The lowest BCUT2D eigenvalue weighted by Gasteiger charge is -2.13. The van der Waals surface area contributed by atoms with Crippen LogP contribution >= 0.6 is 39.0 Å². The molecule has 0 amide bonds. The fourth-order valence-electron chi connectivity index (χ4n) is 2.60. The molecule has 1 unspecified atom stereocenters. The van der Waals surface area contributed by atoms with Gasteiger partial charge in [0.05, 0.1) is 7.11 Å². The molecule has 2 heterocycles. The highest BCUT2D eigenvalue weighted by Crippen LogP contribution is 2.35. The summed E-state index contributed by atoms with van der Waals surface area (Å²) in [5.74, 6) is 3.28. The van der Waals surface area contributed by atoms with Crippen molar-refractivity contribution in [2.75, 3.05) is 12.9 Å². The molecule has 0 bridgehead atoms. The van der Waals surface area contributed by atoms with Gasteiger partial charge in [-0.1, -0.05) is 15.9 Å². The van der Waals surface area contributed by atoms with E-state index in [1.807, 2.05) is 35.2 Å². The van der Waals surface area contributed by atoms with Gasteiger partial charge in [-0.05, 0) is 54.0 Å². The molecule has 2 nitrogen and oxygen atoms in total. The Hall–Kier alpha value is -0.490. The van der Waals surface area contributed by atoms with Gasteiger partial charge in [0, 0.05) is 26.0 Å². The second kappa shape index (κ2) is 6.73. The van der Waals surface area contributed by atoms with Crippen LogP contribution in [0.1, 0.15) is 26.9 Å². The summed E-state index contributed by atoms with van der Waals surface area (Å²) < 4.78 is 6.50. The molecule has 0 aliphatic carbocycles. The first kappa shape index (κ1) is 15.4. The second-order valence-electron chi connectivity index (χ2n) is 5.17. The number of rotatable bonds is 4. The molecular formula is C16H18BrNOS2. The lowest BCUT2D eigenvalue weighted by molar-refractivity contribution is 0.408. The molecule has 0 spiro atoms. The molecule has 1 aromatic heterocycles. The summed E-state index contributed by atoms with van der Waals surface area (Å²) >= 11 is 7.43. The predicted octanol–water partition coefficient (Wildman–Crippen LogP) is 4.55. The van der Waals surface area contributed by atoms with Gasteiger partial charge in [-0.3, -0.25) is 0 Å². The van der Waals surface area contributed by atoms with Crippen molar-refractivity contribution in [1.82, 2.24) is 0 Å². The molecule has 112 valence electrons. The summed E-state index contributed by atoms with van der Waals surface area (Å²) in [6.07, 6.45) is 1.99. The number of thioether (sulfide) groups is 1. The van der Waals surface area contributed by atoms with Crippen LogP contribution in [0.5, 0.6) is 5.75 Å². The number of hydrogen-bond donors (Lipinski definition) is 1. The minimum absolute atomic E-state index is 0.0359. The molecule has 2 aromatic rings. The Bertz CT molecular complexity index is 618. The van der Waals surface area contributed by atoms with Crippen LogP contribution in [0.4, 0.5) is 0 Å². The number of aryl methyl sites for hydroxylation is 1. The average Bonchev–Trinajstić information content (AvgIpc) is 2.91. The van der Waals surface area contributed by atoms with Gasteiger partial charge in [0.15, 0.2) is 0 Å². The molecule has 0 fully saturated rings. The Balaban J connectivity index is 1.81. The maximum absolute atomic E-state index is 6.45. The van der Waals surface area contributed by atoms with Gasteiger partial charge in [-0.15, -0.1) is 11.3 Å². The van der Waals surface area contributed by atoms with Crippen LogP contribution in [0.2, 0.25) is 0 Å². The molecule has 0 radical (unpaired) electrons. The van der Waals surface area contributed by atoms with Gasteiger partial charge in [-0.25, -0.2) is 0 Å². The standard InChI is InChI=1S/C16H18BrNOS2/c1-19-14-3-2-12(17)6-10(14)7-13(18)16-8-11-9-20-5-4-15(11)21-16/h2-3,6,8,13H,4-5,7,9,18H2,1H3. The van der Waals surface area contributed by atoms with Gasteiger partial charge < -0.3 is 10.5 Å². The SMILES string of the molecule is COc1ccc(Br)cc1CC(N)c1cc2c(s1)CCSC2. The molecular weight excluding hydrogens is 366 g/mol. The van der Waals surface area contributed by atoms with Crippen LogP contribution in [-0.4, -0.2) is 12.9 Å². The first-order chi connectivity index (χ1) is 10.2. The third-order valence-electron chi connectivity index (χ3n) is 3.69. The van der Waals surface area contributed by atoms with Gasteiger partial charge in [-0.2, -0.15) is 11.8 Å². The van der Waals surface area contributed by atoms with E-state index in [4.69, 9.17) is 10.5 Å². The molecule has 5 heteroatoms. The van der Waals surface area contributed by atoms with Gasteiger partial charge in [0.25, 0.3) is 0 Å². The summed E-state index contributed by atoms with van der Waals surface area (Å²) in [6, 6.07) is 8.43. The predicted molar refractivity (Wildman–Crippen MR) is 95.5 cm³/mol. The Kier molecular flexibility index (Phi) is 4.94. The lowest BCUT2D eigenvalue weighted by atomic mass is 10.0. The molecule has 21 heavy (non-hydrogen) atoms. The van der Waals surface area contributed by atoms with Crippen molar-refractivity contribution in [3.63, 3.8) is 0 Å². The Labute approximate surface area is 142 Å². The third-order valence-corrected chi connectivity index (χ3v) is 6.56. The van der Waals surface area contributed by atoms with E-state index in [-0.39, 0.29) is 6.04 Å². The normalized spacial score (nSPS) is 15.6. The van der Waals surface area contributed by atoms with Crippen LogP contribution < -0.4 is 10.5 Å². The van der Waals surface area contributed by atoms with Gasteiger partial charge >= 0.3 is 0 Å². The first-order valence-electron chi connectivity index (χ1n) is 6.94. The summed E-state index contributed by atoms with van der Waals surface area (Å²) in [7, 11) is 1.71. The molecule has 2 N–H and O–H groups in total. The quantitative estimate of drug-likeness (QED) is 0.840. The van der Waals surface area contributed by atoms with Crippen molar-refractivity contribution in [2.45, 2.75) is 24.6 Å². The summed E-state index contributed by atoms with van der Waals surface area (Å²) in [5, 5.41) is 0. The van der Waals surface area contributed by atoms with Crippen molar-refractivity contribution in [2.24, 2.45) is 5.73 Å². The van der Waals surface area contributed by atoms with Crippen LogP contribution in [0, 0.1) is 0 Å². The fraction of sp³-hybridized carbons (Fsp3) is 0.375. The summed E-state index contributed by atoms with van der Waals surface area (Å²) in [6.45, 7) is 0. The zero-order valence-electron chi connectivity index (χ0n) is 11.9. The lowest BCUT2D eigenvalue weighted by Crippen LogP contribution is -2.12. The smallest absolute Gasteiger partial charge is 0.122 e. The summed E-state index contributed by atoms with van der Waals surface area (Å²) in [5.41, 5.74) is 9.09. The first-order valence-corrected chi connectivity index (χ1v) is 9.71. The van der Waals surface area contributed by atoms with E-state index in [0.717, 1.165) is 28.0 Å². The number of ether oxygens (including phenoxy) is 1. The highest BCUT2D eigenvalue weighted by Gasteiger charge is 2.18. The maximum Gasteiger partial charge on any atom is 0.122 e. The fourth-order valence-corrected chi connectivity index (χ4v) is 5.38. The number of nitrogens with two attached hydrogens (primary N) is 1. The molecule has 1 atom stereocenters. The van der Waals surface area contributed by atoms with E-state index >= 15 is 0 Å². The molecule has 0 saturated carbocycles. The van der Waals surface area contributed by atoms with E-state index < -0.39 is 0 Å². The van der Waals surface area contributed by atoms with Gasteiger partial charge in [0.1, 0.15) is 5.75 Å². The van der Waals surface area contributed by atoms with Crippen molar-refractivity contribution in [3.8, 4) is 5.75 Å². The van der Waals surface area contributed by atoms with Crippen LogP contribution in [0.25, 0.3) is 0 Å². The molecule has 1 aromatic carbocycles. The Morgan fingerprint density at radius 2 is 2.24 bits per heavy atom. The second-order valence-corrected chi connectivity index (χ2v) is 8.36. The van der Waals surface area contributed by atoms with Crippen molar-refractivity contribution < 1.29 is 4.74 Å². The van der Waals surface area contributed by atoms with Crippen LogP contribution in [0.3, 0.4) is 0 Å². The van der Waals surface area contributed by atoms with Crippen LogP contribution in [0.15, 0.2) is 28.7 Å².